The Labute approximate surface area is 85.8 Å². The predicted molar refractivity (Wildman–Crippen MR) is 50.7 cm³/mol. The standard InChI is InChI=1S/C9H9N2O4/c10-8(11(13)14)9(12)15-6-7-4-2-1-3-5-7/h1-5H,6,10H2. The summed E-state index contributed by atoms with van der Waals surface area (Å²) in [6.45, 7) is -0.0335. The molecule has 0 aliphatic carbocycles. The molecule has 0 aliphatic heterocycles. The van der Waals surface area contributed by atoms with E-state index in [1.807, 2.05) is 6.07 Å². The molecule has 0 spiro atoms. The second-order valence-electron chi connectivity index (χ2n) is 2.70. The van der Waals surface area contributed by atoms with Crippen LogP contribution >= 0.6 is 0 Å². The van der Waals surface area contributed by atoms with Gasteiger partial charge in [0, 0.05) is 0 Å². The largest absolute Gasteiger partial charge is 0.463 e. The number of esters is 1. The van der Waals surface area contributed by atoms with E-state index in [9.17, 15) is 14.9 Å². The fourth-order valence-corrected chi connectivity index (χ4v) is 0.872. The van der Waals surface area contributed by atoms with E-state index in [4.69, 9.17) is 5.73 Å². The number of nitrogens with zero attached hydrogens (tertiary/aromatic N) is 1. The number of rotatable bonds is 4. The molecule has 2 N–H and O–H groups in total. The van der Waals surface area contributed by atoms with E-state index in [2.05, 4.69) is 4.74 Å². The average molecular weight is 209 g/mol. The fraction of sp³-hybridized carbons (Fsp3) is 0.111. The quantitative estimate of drug-likeness (QED) is 0.441. The fourth-order valence-electron chi connectivity index (χ4n) is 0.872. The van der Waals surface area contributed by atoms with Gasteiger partial charge in [-0.15, -0.1) is 0 Å². The van der Waals surface area contributed by atoms with Crippen LogP contribution in [0, 0.1) is 16.3 Å². The van der Waals surface area contributed by atoms with Crippen molar-refractivity contribution >= 4 is 5.97 Å². The van der Waals surface area contributed by atoms with E-state index in [1.54, 1.807) is 24.3 Å². The molecule has 1 radical (unpaired) electrons. The van der Waals surface area contributed by atoms with Crippen LogP contribution < -0.4 is 5.73 Å². The van der Waals surface area contributed by atoms with Crippen LogP contribution in [0.3, 0.4) is 0 Å². The minimum absolute atomic E-state index is 0.0335. The van der Waals surface area contributed by atoms with Crippen molar-refractivity contribution in [2.75, 3.05) is 0 Å². The summed E-state index contributed by atoms with van der Waals surface area (Å²) in [5.74, 6) is -1.12. The number of benzene rings is 1. The molecule has 0 amide bonds. The van der Waals surface area contributed by atoms with Crippen molar-refractivity contribution in [3.8, 4) is 0 Å². The molecular formula is C9H9N2O4. The molecule has 0 aliphatic rings. The third-order valence-electron chi connectivity index (χ3n) is 1.62. The Bertz CT molecular complexity index is 352. The molecule has 0 atom stereocenters. The first-order chi connectivity index (χ1) is 7.11. The van der Waals surface area contributed by atoms with Gasteiger partial charge in [-0.05, 0) is 5.56 Å². The topological polar surface area (TPSA) is 95.5 Å². The summed E-state index contributed by atoms with van der Waals surface area (Å²) < 4.78 is 4.61. The van der Waals surface area contributed by atoms with Crippen molar-refractivity contribution in [1.29, 1.82) is 0 Å². The van der Waals surface area contributed by atoms with E-state index >= 15 is 0 Å². The summed E-state index contributed by atoms with van der Waals surface area (Å²) >= 11 is 0. The summed E-state index contributed by atoms with van der Waals surface area (Å²) in [7, 11) is 0. The van der Waals surface area contributed by atoms with Crippen LogP contribution in [-0.4, -0.2) is 10.9 Å². The molecule has 0 saturated carbocycles. The Morgan fingerprint density at radius 3 is 2.53 bits per heavy atom. The predicted octanol–water partition coefficient (Wildman–Crippen LogP) is 0.455. The Hall–Kier alpha value is -1.95. The molecule has 0 saturated heterocycles. The van der Waals surface area contributed by atoms with E-state index in [0.717, 1.165) is 5.56 Å². The molecular weight excluding hydrogens is 200 g/mol. The number of carbonyl (C=O) groups is 1. The molecule has 0 fully saturated rings. The SMILES string of the molecule is N[C](C(=O)OCc1ccccc1)[N+](=O)[O-]. The van der Waals surface area contributed by atoms with Gasteiger partial charge in [0.1, 0.15) is 6.61 Å². The molecule has 0 unspecified atom stereocenters. The van der Waals surface area contributed by atoms with Crippen molar-refractivity contribution in [3.05, 3.63) is 52.2 Å². The van der Waals surface area contributed by atoms with Crippen LogP contribution in [0.4, 0.5) is 0 Å². The molecule has 1 rings (SSSR count). The normalized spacial score (nSPS) is 10.0. The minimum Gasteiger partial charge on any atom is -0.454 e. The van der Waals surface area contributed by atoms with E-state index in [-0.39, 0.29) is 6.61 Å². The maximum atomic E-state index is 10.9. The molecule has 6 heteroatoms. The second kappa shape index (κ2) is 5.06. The van der Waals surface area contributed by atoms with Crippen molar-refractivity contribution in [2.24, 2.45) is 5.73 Å². The van der Waals surface area contributed by atoms with Crippen LogP contribution in [0.15, 0.2) is 30.3 Å². The van der Waals surface area contributed by atoms with Gasteiger partial charge in [0.15, 0.2) is 0 Å². The van der Waals surface area contributed by atoms with Crippen molar-refractivity contribution in [1.82, 2.24) is 0 Å². The first kappa shape index (κ1) is 11.1. The summed E-state index contributed by atoms with van der Waals surface area (Å²) in [5.41, 5.74) is 5.61. The third kappa shape index (κ3) is 3.35. The van der Waals surface area contributed by atoms with Gasteiger partial charge in [-0.3, -0.25) is 10.1 Å². The number of hydrogen-bond acceptors (Lipinski definition) is 5. The number of ether oxygens (including phenoxy) is 1. The van der Waals surface area contributed by atoms with Crippen molar-refractivity contribution < 1.29 is 14.5 Å². The number of nitrogens with two attached hydrogens (primary N) is 1. The molecule has 0 bridgehead atoms. The number of nitro groups is 1. The lowest BCUT2D eigenvalue weighted by molar-refractivity contribution is -0.459. The summed E-state index contributed by atoms with van der Waals surface area (Å²) in [5, 5.41) is 10.1. The van der Waals surface area contributed by atoms with Crippen LogP contribution in [0.25, 0.3) is 0 Å². The molecule has 1 aromatic rings. The maximum absolute atomic E-state index is 10.9. The molecule has 1 aromatic carbocycles. The first-order valence-electron chi connectivity index (χ1n) is 4.09. The zero-order chi connectivity index (χ0) is 11.3. The lowest BCUT2D eigenvalue weighted by Crippen LogP contribution is -2.30. The lowest BCUT2D eigenvalue weighted by Gasteiger charge is -2.03. The lowest BCUT2D eigenvalue weighted by atomic mass is 10.2. The highest BCUT2D eigenvalue weighted by Crippen LogP contribution is 2.03. The van der Waals surface area contributed by atoms with Gasteiger partial charge >= 0.3 is 12.1 Å². The van der Waals surface area contributed by atoms with Crippen LogP contribution in [0.1, 0.15) is 5.56 Å². The van der Waals surface area contributed by atoms with E-state index < -0.39 is 17.1 Å². The maximum Gasteiger partial charge on any atom is 0.463 e. The van der Waals surface area contributed by atoms with Gasteiger partial charge in [0.25, 0.3) is 0 Å². The Morgan fingerprint density at radius 2 is 2.00 bits per heavy atom. The highest BCUT2D eigenvalue weighted by atomic mass is 16.6. The van der Waals surface area contributed by atoms with Gasteiger partial charge < -0.3 is 4.74 Å². The molecule has 15 heavy (non-hydrogen) atoms. The Balaban J connectivity index is 2.44. The minimum atomic E-state index is -1.12. The summed E-state index contributed by atoms with van der Waals surface area (Å²) in [4.78, 5) is 20.0. The summed E-state index contributed by atoms with van der Waals surface area (Å²) in [6, 6.07) is 8.81. The highest BCUT2D eigenvalue weighted by molar-refractivity contribution is 5.81. The van der Waals surface area contributed by atoms with E-state index in [0.29, 0.717) is 0 Å². The third-order valence-corrected chi connectivity index (χ3v) is 1.62. The van der Waals surface area contributed by atoms with Gasteiger partial charge in [-0.1, -0.05) is 30.3 Å². The van der Waals surface area contributed by atoms with Gasteiger partial charge in [0.2, 0.25) is 0 Å². The number of hydrogen-bond donors (Lipinski definition) is 1. The van der Waals surface area contributed by atoms with Gasteiger partial charge in [0.05, 0.1) is 4.92 Å². The highest BCUT2D eigenvalue weighted by Gasteiger charge is 2.30. The monoisotopic (exact) mass is 209 g/mol. The Morgan fingerprint density at radius 1 is 1.40 bits per heavy atom. The zero-order valence-corrected chi connectivity index (χ0v) is 7.75. The van der Waals surface area contributed by atoms with Crippen molar-refractivity contribution in [3.63, 3.8) is 0 Å². The van der Waals surface area contributed by atoms with Crippen LogP contribution in [0.2, 0.25) is 0 Å². The van der Waals surface area contributed by atoms with Gasteiger partial charge in [-0.25, -0.2) is 10.5 Å². The van der Waals surface area contributed by atoms with E-state index in [1.165, 1.54) is 0 Å². The summed E-state index contributed by atoms with van der Waals surface area (Å²) in [6.07, 6.45) is -1.01. The molecule has 0 heterocycles. The molecule has 0 aromatic heterocycles. The smallest absolute Gasteiger partial charge is 0.454 e. The number of carbonyl (C=O) groups excluding carboxylic acids is 1. The Kier molecular flexibility index (Phi) is 3.75. The van der Waals surface area contributed by atoms with Crippen LogP contribution in [-0.2, 0) is 16.1 Å². The second-order valence-corrected chi connectivity index (χ2v) is 2.70. The molecule has 6 nitrogen and oxygen atoms in total. The van der Waals surface area contributed by atoms with Crippen LogP contribution in [0.5, 0.6) is 0 Å². The van der Waals surface area contributed by atoms with Gasteiger partial charge in [-0.2, -0.15) is 0 Å². The van der Waals surface area contributed by atoms with Crippen molar-refractivity contribution in [2.45, 2.75) is 6.61 Å². The first-order valence-corrected chi connectivity index (χ1v) is 4.09. The average Bonchev–Trinajstić information content (AvgIpc) is 2.26. The molecule has 79 valence electrons. The zero-order valence-electron chi connectivity index (χ0n) is 7.75.